The molecule has 2 amide bonds. The molecule has 0 aliphatic heterocycles. The van der Waals surface area contributed by atoms with E-state index < -0.39 is 23.4 Å². The lowest BCUT2D eigenvalue weighted by Crippen LogP contribution is -2.54. The summed E-state index contributed by atoms with van der Waals surface area (Å²) in [6, 6.07) is 4.92. The number of aliphatic hydroxyl groups is 1. The number of urea groups is 1. The second-order valence-electron chi connectivity index (χ2n) is 6.64. The molecule has 2 unspecified atom stereocenters. The zero-order valence-corrected chi connectivity index (χ0v) is 14.1. The van der Waals surface area contributed by atoms with Crippen LogP contribution in [0, 0.1) is 11.7 Å². The molecule has 2 aromatic rings. The maximum Gasteiger partial charge on any atom is 0.315 e. The van der Waals surface area contributed by atoms with Gasteiger partial charge in [0.05, 0.1) is 12.1 Å². The van der Waals surface area contributed by atoms with E-state index in [1.54, 1.807) is 19.1 Å². The molecule has 8 heteroatoms. The van der Waals surface area contributed by atoms with Gasteiger partial charge in [-0.25, -0.2) is 9.18 Å². The van der Waals surface area contributed by atoms with E-state index in [0.29, 0.717) is 11.5 Å². The maximum atomic E-state index is 13.3. The molecule has 1 fully saturated rings. The van der Waals surface area contributed by atoms with Gasteiger partial charge in [0.25, 0.3) is 0 Å². The highest BCUT2D eigenvalue weighted by molar-refractivity contribution is 5.75. The molecule has 25 heavy (non-hydrogen) atoms. The minimum absolute atomic E-state index is 0.121. The van der Waals surface area contributed by atoms with Crippen LogP contribution >= 0.6 is 0 Å². The lowest BCUT2D eigenvalue weighted by atomic mass is 9.97. The van der Waals surface area contributed by atoms with Crippen molar-refractivity contribution >= 4 is 6.03 Å². The first-order valence-corrected chi connectivity index (χ1v) is 8.20. The average molecular weight is 348 g/mol. The molecule has 134 valence electrons. The van der Waals surface area contributed by atoms with Gasteiger partial charge in [-0.2, -0.15) is 4.98 Å². The Morgan fingerprint density at radius 2 is 2.28 bits per heavy atom. The van der Waals surface area contributed by atoms with Crippen molar-refractivity contribution in [1.29, 1.82) is 0 Å². The van der Waals surface area contributed by atoms with Crippen molar-refractivity contribution in [1.82, 2.24) is 20.8 Å². The van der Waals surface area contributed by atoms with E-state index >= 15 is 0 Å². The SMILES string of the molecule is CC(NC(=O)NC(C)(CO)C1CC1)c1nc(-c2cccc(F)c2)no1. The number of aromatic nitrogens is 2. The van der Waals surface area contributed by atoms with E-state index in [9.17, 15) is 14.3 Å². The van der Waals surface area contributed by atoms with Crippen LogP contribution < -0.4 is 10.6 Å². The first kappa shape index (κ1) is 17.3. The van der Waals surface area contributed by atoms with Crippen molar-refractivity contribution in [3.63, 3.8) is 0 Å². The minimum Gasteiger partial charge on any atom is -0.394 e. The molecule has 1 aliphatic rings. The van der Waals surface area contributed by atoms with Gasteiger partial charge in [-0.05, 0) is 44.7 Å². The number of hydrogen-bond acceptors (Lipinski definition) is 5. The third-order valence-electron chi connectivity index (χ3n) is 4.45. The molecular weight excluding hydrogens is 327 g/mol. The second kappa shape index (κ2) is 6.79. The van der Waals surface area contributed by atoms with Crippen molar-refractivity contribution in [3.8, 4) is 11.4 Å². The summed E-state index contributed by atoms with van der Waals surface area (Å²) in [6.45, 7) is 3.41. The molecule has 1 aliphatic carbocycles. The van der Waals surface area contributed by atoms with E-state index in [-0.39, 0.29) is 18.3 Å². The summed E-state index contributed by atoms with van der Waals surface area (Å²) in [5, 5.41) is 18.9. The fourth-order valence-corrected chi connectivity index (χ4v) is 2.70. The largest absolute Gasteiger partial charge is 0.394 e. The third-order valence-corrected chi connectivity index (χ3v) is 4.45. The first-order valence-electron chi connectivity index (χ1n) is 8.20. The lowest BCUT2D eigenvalue weighted by molar-refractivity contribution is 0.153. The van der Waals surface area contributed by atoms with E-state index in [0.717, 1.165) is 12.8 Å². The first-order chi connectivity index (χ1) is 11.9. The fraction of sp³-hybridized carbons (Fsp3) is 0.471. The summed E-state index contributed by atoms with van der Waals surface area (Å²) in [5.41, 5.74) is -0.140. The summed E-state index contributed by atoms with van der Waals surface area (Å²) in [5.74, 6) is 0.368. The minimum atomic E-state index is -0.634. The zero-order valence-electron chi connectivity index (χ0n) is 14.1. The lowest BCUT2D eigenvalue weighted by Gasteiger charge is -2.29. The number of carbonyl (C=O) groups is 1. The molecule has 2 atom stereocenters. The van der Waals surface area contributed by atoms with Gasteiger partial charge < -0.3 is 20.3 Å². The molecule has 3 rings (SSSR count). The van der Waals surface area contributed by atoms with Crippen LogP contribution in [0.25, 0.3) is 11.4 Å². The summed E-state index contributed by atoms with van der Waals surface area (Å²) >= 11 is 0. The molecule has 3 N–H and O–H groups in total. The highest BCUT2D eigenvalue weighted by atomic mass is 19.1. The zero-order chi connectivity index (χ0) is 18.0. The van der Waals surface area contributed by atoms with Crippen molar-refractivity contribution < 1.29 is 18.8 Å². The standard InChI is InChI=1S/C17H21FN4O3/c1-10(19-16(24)21-17(2,9-23)12-6-7-12)15-20-14(22-25-15)11-4-3-5-13(18)8-11/h3-5,8,10,12,23H,6-7,9H2,1-2H3,(H2,19,21,24). The number of benzene rings is 1. The Hall–Kier alpha value is -2.48. The van der Waals surface area contributed by atoms with Crippen LogP contribution in [-0.2, 0) is 0 Å². The summed E-state index contributed by atoms with van der Waals surface area (Å²) in [6.07, 6.45) is 1.99. The Morgan fingerprint density at radius 3 is 2.92 bits per heavy atom. The van der Waals surface area contributed by atoms with Crippen LogP contribution in [0.15, 0.2) is 28.8 Å². The number of amides is 2. The number of nitrogens with zero attached hydrogens (tertiary/aromatic N) is 2. The maximum absolute atomic E-state index is 13.3. The Balaban J connectivity index is 1.63. The highest BCUT2D eigenvalue weighted by Gasteiger charge is 2.42. The molecule has 1 saturated carbocycles. The molecule has 1 heterocycles. The average Bonchev–Trinajstić information content (AvgIpc) is 3.32. The van der Waals surface area contributed by atoms with Crippen molar-refractivity contribution in [2.24, 2.45) is 5.92 Å². The predicted molar refractivity (Wildman–Crippen MR) is 88.0 cm³/mol. The topological polar surface area (TPSA) is 100 Å². The summed E-state index contributed by atoms with van der Waals surface area (Å²) in [4.78, 5) is 16.4. The number of hydrogen-bond donors (Lipinski definition) is 3. The summed E-state index contributed by atoms with van der Waals surface area (Å²) < 4.78 is 18.4. The van der Waals surface area contributed by atoms with Gasteiger partial charge in [-0.1, -0.05) is 17.3 Å². The molecule has 1 aromatic carbocycles. The molecule has 0 spiro atoms. The number of carbonyl (C=O) groups excluding carboxylic acids is 1. The van der Waals surface area contributed by atoms with E-state index in [2.05, 4.69) is 20.8 Å². The van der Waals surface area contributed by atoms with Crippen LogP contribution in [0.2, 0.25) is 0 Å². The monoisotopic (exact) mass is 348 g/mol. The van der Waals surface area contributed by atoms with E-state index in [4.69, 9.17) is 4.52 Å². The van der Waals surface area contributed by atoms with Crippen LogP contribution in [-0.4, -0.2) is 33.4 Å². The van der Waals surface area contributed by atoms with Gasteiger partial charge >= 0.3 is 6.03 Å². The molecule has 0 radical (unpaired) electrons. The van der Waals surface area contributed by atoms with Crippen molar-refractivity contribution in [2.75, 3.05) is 6.61 Å². The Kier molecular flexibility index (Phi) is 4.71. The predicted octanol–water partition coefficient (Wildman–Crippen LogP) is 2.40. The summed E-state index contributed by atoms with van der Waals surface area (Å²) in [7, 11) is 0. The molecule has 0 saturated heterocycles. The Bertz CT molecular complexity index is 762. The normalized spacial score (nSPS) is 17.6. The molecular formula is C17H21FN4O3. The van der Waals surface area contributed by atoms with Gasteiger partial charge in [0, 0.05) is 5.56 Å². The Morgan fingerprint density at radius 1 is 1.52 bits per heavy atom. The smallest absolute Gasteiger partial charge is 0.315 e. The third kappa shape index (κ3) is 3.96. The van der Waals surface area contributed by atoms with Crippen LogP contribution in [0.5, 0.6) is 0 Å². The van der Waals surface area contributed by atoms with Gasteiger partial charge in [0.15, 0.2) is 0 Å². The van der Waals surface area contributed by atoms with Crippen LogP contribution in [0.4, 0.5) is 9.18 Å². The van der Waals surface area contributed by atoms with E-state index in [1.807, 2.05) is 6.92 Å². The highest BCUT2D eigenvalue weighted by Crippen LogP contribution is 2.39. The van der Waals surface area contributed by atoms with Crippen molar-refractivity contribution in [2.45, 2.75) is 38.3 Å². The number of rotatable bonds is 6. The number of halogens is 1. The molecule has 1 aromatic heterocycles. The van der Waals surface area contributed by atoms with Crippen LogP contribution in [0.3, 0.4) is 0 Å². The number of nitrogens with one attached hydrogen (secondary N) is 2. The molecule has 0 bridgehead atoms. The van der Waals surface area contributed by atoms with Gasteiger partial charge in [-0.3, -0.25) is 0 Å². The van der Waals surface area contributed by atoms with E-state index in [1.165, 1.54) is 12.1 Å². The fourth-order valence-electron chi connectivity index (χ4n) is 2.70. The quantitative estimate of drug-likeness (QED) is 0.744. The van der Waals surface area contributed by atoms with Crippen LogP contribution in [0.1, 0.15) is 38.6 Å². The van der Waals surface area contributed by atoms with Crippen molar-refractivity contribution in [3.05, 3.63) is 36.0 Å². The van der Waals surface area contributed by atoms with Gasteiger partial charge in [0.2, 0.25) is 11.7 Å². The Labute approximate surface area is 144 Å². The second-order valence-corrected chi connectivity index (χ2v) is 6.64. The molecule has 7 nitrogen and oxygen atoms in total. The number of aliphatic hydroxyl groups excluding tert-OH is 1. The van der Waals surface area contributed by atoms with Gasteiger partial charge in [0.1, 0.15) is 11.9 Å². The van der Waals surface area contributed by atoms with Gasteiger partial charge in [-0.15, -0.1) is 0 Å².